The van der Waals surface area contributed by atoms with Gasteiger partial charge in [0.25, 0.3) is 0 Å². The number of hydrogen-bond acceptors (Lipinski definition) is 3. The smallest absolute Gasteiger partial charge is 0.238 e. The summed E-state index contributed by atoms with van der Waals surface area (Å²) >= 11 is 0. The minimum absolute atomic E-state index is 0.126. The number of primary sulfonamides is 1. The molecule has 0 aromatic heterocycles. The lowest BCUT2D eigenvalue weighted by Crippen LogP contribution is -2.39. The summed E-state index contributed by atoms with van der Waals surface area (Å²) < 4.78 is 22.7. The van der Waals surface area contributed by atoms with Crippen LogP contribution in [0.4, 0.5) is 0 Å². The van der Waals surface area contributed by atoms with Crippen LogP contribution in [0.2, 0.25) is 0 Å². The molecule has 21 heavy (non-hydrogen) atoms. The molecule has 3 N–H and O–H groups in total. The number of nitrogens with one attached hydrogen (secondary N) is 1. The van der Waals surface area contributed by atoms with Crippen molar-refractivity contribution in [3.63, 3.8) is 0 Å². The molecule has 1 heterocycles. The van der Waals surface area contributed by atoms with E-state index in [1.54, 1.807) is 12.1 Å². The molecule has 0 amide bonds. The highest BCUT2D eigenvalue weighted by atomic mass is 32.2. The van der Waals surface area contributed by atoms with Gasteiger partial charge in [0.15, 0.2) is 5.96 Å². The Morgan fingerprint density at radius 3 is 2.71 bits per heavy atom. The van der Waals surface area contributed by atoms with E-state index in [0.29, 0.717) is 6.54 Å². The lowest BCUT2D eigenvalue weighted by atomic mass is 10.2. The molecule has 0 spiro atoms. The van der Waals surface area contributed by atoms with E-state index in [4.69, 9.17) is 5.14 Å². The number of nitrogens with zero attached hydrogens (tertiary/aromatic N) is 2. The Labute approximate surface area is 126 Å². The fourth-order valence-electron chi connectivity index (χ4n) is 2.34. The molecule has 0 aliphatic carbocycles. The first-order chi connectivity index (χ1) is 10.0. The van der Waals surface area contributed by atoms with E-state index in [-0.39, 0.29) is 4.90 Å². The van der Waals surface area contributed by atoms with Gasteiger partial charge in [-0.15, -0.1) is 0 Å². The highest BCUT2D eigenvalue weighted by Crippen LogP contribution is 2.12. The van der Waals surface area contributed by atoms with Crippen LogP contribution in [0.1, 0.15) is 25.3 Å². The van der Waals surface area contributed by atoms with Gasteiger partial charge in [0.05, 0.1) is 11.4 Å². The van der Waals surface area contributed by atoms with Crippen LogP contribution in [0.15, 0.2) is 34.2 Å². The van der Waals surface area contributed by atoms with Gasteiger partial charge in [-0.1, -0.05) is 12.1 Å². The Bertz CT molecular complexity index is 607. The van der Waals surface area contributed by atoms with Gasteiger partial charge in [-0.3, -0.25) is 0 Å². The monoisotopic (exact) mass is 310 g/mol. The first-order valence-electron chi connectivity index (χ1n) is 7.15. The highest BCUT2D eigenvalue weighted by molar-refractivity contribution is 7.89. The number of hydrogen-bond donors (Lipinski definition) is 2. The van der Waals surface area contributed by atoms with Crippen molar-refractivity contribution in [2.24, 2.45) is 10.1 Å². The van der Waals surface area contributed by atoms with Gasteiger partial charge >= 0.3 is 0 Å². The topological polar surface area (TPSA) is 87.8 Å². The van der Waals surface area contributed by atoms with Gasteiger partial charge in [-0.25, -0.2) is 18.5 Å². The average Bonchev–Trinajstić information content (AvgIpc) is 2.97. The molecule has 0 saturated carbocycles. The normalized spacial score (nSPS) is 16.3. The predicted octanol–water partition coefficient (Wildman–Crippen LogP) is 0.895. The number of likely N-dealkylation sites (tertiary alicyclic amines) is 1. The van der Waals surface area contributed by atoms with E-state index in [2.05, 4.69) is 15.2 Å². The number of guanidine groups is 1. The second-order valence-corrected chi connectivity index (χ2v) is 6.62. The van der Waals surface area contributed by atoms with Crippen molar-refractivity contribution in [3.05, 3.63) is 29.8 Å². The zero-order valence-corrected chi connectivity index (χ0v) is 13.1. The van der Waals surface area contributed by atoms with Crippen molar-refractivity contribution >= 4 is 16.0 Å². The van der Waals surface area contributed by atoms with Crippen molar-refractivity contribution < 1.29 is 8.42 Å². The Balaban J connectivity index is 2.13. The first kappa shape index (κ1) is 15.8. The van der Waals surface area contributed by atoms with Gasteiger partial charge in [0.1, 0.15) is 0 Å². The highest BCUT2D eigenvalue weighted by Gasteiger charge is 2.15. The molecule has 1 aliphatic rings. The van der Waals surface area contributed by atoms with Crippen molar-refractivity contribution in [1.29, 1.82) is 0 Å². The lowest BCUT2D eigenvalue weighted by Gasteiger charge is -2.20. The number of nitrogens with two attached hydrogens (primary N) is 1. The molecule has 6 nitrogen and oxygen atoms in total. The molecular weight excluding hydrogens is 288 g/mol. The molecule has 0 unspecified atom stereocenters. The fraction of sp³-hybridized carbons (Fsp3) is 0.500. The van der Waals surface area contributed by atoms with E-state index in [1.165, 1.54) is 18.9 Å². The van der Waals surface area contributed by atoms with Gasteiger partial charge in [0.2, 0.25) is 10.0 Å². The Morgan fingerprint density at radius 1 is 1.38 bits per heavy atom. The number of benzene rings is 1. The minimum atomic E-state index is -3.66. The molecule has 1 aliphatic heterocycles. The van der Waals surface area contributed by atoms with Crippen molar-refractivity contribution in [1.82, 2.24) is 10.2 Å². The van der Waals surface area contributed by atoms with Crippen LogP contribution in [0.3, 0.4) is 0 Å². The Hall–Kier alpha value is -1.60. The predicted molar refractivity (Wildman–Crippen MR) is 83.4 cm³/mol. The molecule has 0 radical (unpaired) electrons. The fourth-order valence-corrected chi connectivity index (χ4v) is 2.93. The van der Waals surface area contributed by atoms with Gasteiger partial charge < -0.3 is 10.2 Å². The molecule has 1 aromatic carbocycles. The maximum Gasteiger partial charge on any atom is 0.238 e. The van der Waals surface area contributed by atoms with Crippen LogP contribution < -0.4 is 10.5 Å². The third-order valence-corrected chi connectivity index (χ3v) is 4.29. The average molecular weight is 310 g/mol. The molecule has 0 bridgehead atoms. The summed E-state index contributed by atoms with van der Waals surface area (Å²) in [5, 5.41) is 8.42. The van der Waals surface area contributed by atoms with Crippen LogP contribution in [-0.4, -0.2) is 38.9 Å². The van der Waals surface area contributed by atoms with E-state index in [1.807, 2.05) is 13.0 Å². The zero-order chi connectivity index (χ0) is 15.3. The molecular formula is C14H22N4O2S. The summed E-state index contributed by atoms with van der Waals surface area (Å²) in [5.74, 6) is 0.885. The summed E-state index contributed by atoms with van der Waals surface area (Å²) in [6, 6.07) is 6.61. The molecule has 2 rings (SSSR count). The SMILES string of the molecule is CCNC(=NCc1cccc(S(N)(=O)=O)c1)N1CCCC1. The van der Waals surface area contributed by atoms with Crippen LogP contribution >= 0.6 is 0 Å². The Kier molecular flexibility index (Phi) is 5.19. The second-order valence-electron chi connectivity index (χ2n) is 5.06. The molecule has 1 aromatic rings. The second kappa shape index (κ2) is 6.91. The van der Waals surface area contributed by atoms with Gasteiger partial charge in [0, 0.05) is 19.6 Å². The van der Waals surface area contributed by atoms with Crippen molar-refractivity contribution in [2.75, 3.05) is 19.6 Å². The molecule has 7 heteroatoms. The third kappa shape index (κ3) is 4.44. The first-order valence-corrected chi connectivity index (χ1v) is 8.70. The standard InChI is InChI=1S/C14H22N4O2S/c1-2-16-14(18-8-3-4-9-18)17-11-12-6-5-7-13(10-12)21(15,19)20/h5-7,10H,2-4,8-9,11H2,1H3,(H,16,17)(H2,15,19,20). The van der Waals surface area contributed by atoms with Gasteiger partial charge in [-0.05, 0) is 37.5 Å². The molecule has 116 valence electrons. The van der Waals surface area contributed by atoms with Crippen LogP contribution in [0, 0.1) is 0 Å². The number of rotatable bonds is 4. The van der Waals surface area contributed by atoms with Crippen molar-refractivity contribution in [2.45, 2.75) is 31.2 Å². The molecule has 1 saturated heterocycles. The van der Waals surface area contributed by atoms with Crippen molar-refractivity contribution in [3.8, 4) is 0 Å². The largest absolute Gasteiger partial charge is 0.357 e. The van der Waals surface area contributed by atoms with E-state index in [0.717, 1.165) is 31.2 Å². The van der Waals surface area contributed by atoms with Crippen LogP contribution in [0.25, 0.3) is 0 Å². The maximum atomic E-state index is 11.4. The van der Waals surface area contributed by atoms with Crippen LogP contribution in [-0.2, 0) is 16.6 Å². The Morgan fingerprint density at radius 2 is 2.10 bits per heavy atom. The van der Waals surface area contributed by atoms with Gasteiger partial charge in [-0.2, -0.15) is 0 Å². The summed E-state index contributed by atoms with van der Waals surface area (Å²) in [6.45, 7) is 5.31. The van der Waals surface area contributed by atoms with E-state index >= 15 is 0 Å². The quantitative estimate of drug-likeness (QED) is 0.639. The van der Waals surface area contributed by atoms with E-state index < -0.39 is 10.0 Å². The van der Waals surface area contributed by atoms with E-state index in [9.17, 15) is 8.42 Å². The summed E-state index contributed by atoms with van der Waals surface area (Å²) in [5.41, 5.74) is 0.830. The molecule has 1 fully saturated rings. The minimum Gasteiger partial charge on any atom is -0.357 e. The summed E-state index contributed by atoms with van der Waals surface area (Å²) in [4.78, 5) is 6.94. The molecule has 0 atom stereocenters. The third-order valence-electron chi connectivity index (χ3n) is 3.38. The number of aliphatic imine (C=N–C) groups is 1. The van der Waals surface area contributed by atoms with Crippen LogP contribution in [0.5, 0.6) is 0 Å². The summed E-state index contributed by atoms with van der Waals surface area (Å²) in [7, 11) is -3.66. The zero-order valence-electron chi connectivity index (χ0n) is 12.2. The summed E-state index contributed by atoms with van der Waals surface area (Å²) in [6.07, 6.45) is 2.37. The lowest BCUT2D eigenvalue weighted by molar-refractivity contribution is 0.493. The number of sulfonamides is 1. The maximum absolute atomic E-state index is 11.4.